The molecule has 4 rings (SSSR count). The number of methoxy groups -OCH3 is 1. The number of hydrogen-bond acceptors (Lipinski definition) is 5. The van der Waals surface area contributed by atoms with Crippen molar-refractivity contribution in [3.05, 3.63) is 77.7 Å². The molecule has 0 saturated heterocycles. The third-order valence-corrected chi connectivity index (χ3v) is 4.89. The highest BCUT2D eigenvalue weighted by Gasteiger charge is 2.21. The van der Waals surface area contributed by atoms with E-state index in [1.807, 2.05) is 36.4 Å². The molecule has 0 fully saturated rings. The first-order chi connectivity index (χ1) is 13.7. The summed E-state index contributed by atoms with van der Waals surface area (Å²) in [4.78, 5) is 23.2. The van der Waals surface area contributed by atoms with Crippen LogP contribution in [0, 0.1) is 0 Å². The van der Waals surface area contributed by atoms with Crippen LogP contribution in [0.5, 0.6) is 5.75 Å². The Labute approximate surface area is 164 Å². The van der Waals surface area contributed by atoms with Gasteiger partial charge in [-0.25, -0.2) is 9.97 Å². The monoisotopic (exact) mass is 374 g/mol. The molecule has 0 atom stereocenters. The SMILES string of the molecule is COc1ccc(CCNC(=O)c2cnc(N3CCc4ccccc43)cn2)cc1. The molecule has 3 aromatic rings. The fraction of sp³-hybridized carbons (Fsp3) is 0.227. The van der Waals surface area contributed by atoms with Gasteiger partial charge < -0.3 is 15.0 Å². The molecule has 6 nitrogen and oxygen atoms in total. The molecule has 1 amide bonds. The lowest BCUT2D eigenvalue weighted by molar-refractivity contribution is 0.0949. The van der Waals surface area contributed by atoms with Gasteiger partial charge in [0.15, 0.2) is 5.82 Å². The number of nitrogens with zero attached hydrogens (tertiary/aromatic N) is 3. The first-order valence-electron chi connectivity index (χ1n) is 9.33. The van der Waals surface area contributed by atoms with E-state index in [9.17, 15) is 4.79 Å². The maximum absolute atomic E-state index is 12.3. The predicted molar refractivity (Wildman–Crippen MR) is 108 cm³/mol. The van der Waals surface area contributed by atoms with E-state index in [1.54, 1.807) is 19.5 Å². The minimum absolute atomic E-state index is 0.214. The summed E-state index contributed by atoms with van der Waals surface area (Å²) >= 11 is 0. The lowest BCUT2D eigenvalue weighted by atomic mass is 10.1. The van der Waals surface area contributed by atoms with Gasteiger partial charge in [-0.15, -0.1) is 0 Å². The van der Waals surface area contributed by atoms with Crippen molar-refractivity contribution in [2.24, 2.45) is 0 Å². The lowest BCUT2D eigenvalue weighted by Crippen LogP contribution is -2.27. The summed E-state index contributed by atoms with van der Waals surface area (Å²) in [6, 6.07) is 16.1. The summed E-state index contributed by atoms with van der Waals surface area (Å²) in [7, 11) is 1.64. The van der Waals surface area contributed by atoms with Crippen molar-refractivity contribution >= 4 is 17.4 Å². The van der Waals surface area contributed by atoms with E-state index < -0.39 is 0 Å². The molecule has 2 heterocycles. The second-order valence-electron chi connectivity index (χ2n) is 6.64. The average molecular weight is 374 g/mol. The van der Waals surface area contributed by atoms with Gasteiger partial charge in [0.2, 0.25) is 0 Å². The number of anilines is 2. The van der Waals surface area contributed by atoms with Crippen LogP contribution >= 0.6 is 0 Å². The molecule has 28 heavy (non-hydrogen) atoms. The number of carbonyl (C=O) groups excluding carboxylic acids is 1. The summed E-state index contributed by atoms with van der Waals surface area (Å²) in [6.07, 6.45) is 4.94. The van der Waals surface area contributed by atoms with E-state index in [4.69, 9.17) is 4.74 Å². The highest BCUT2D eigenvalue weighted by atomic mass is 16.5. The Morgan fingerprint density at radius 3 is 2.68 bits per heavy atom. The van der Waals surface area contributed by atoms with Gasteiger partial charge in [-0.3, -0.25) is 4.79 Å². The minimum Gasteiger partial charge on any atom is -0.497 e. The normalized spacial score (nSPS) is 12.5. The van der Waals surface area contributed by atoms with Gasteiger partial charge in [-0.1, -0.05) is 30.3 Å². The van der Waals surface area contributed by atoms with Crippen molar-refractivity contribution in [3.8, 4) is 5.75 Å². The Morgan fingerprint density at radius 2 is 1.93 bits per heavy atom. The van der Waals surface area contributed by atoms with E-state index in [1.165, 1.54) is 5.56 Å². The van der Waals surface area contributed by atoms with Crippen molar-refractivity contribution < 1.29 is 9.53 Å². The Morgan fingerprint density at radius 1 is 1.11 bits per heavy atom. The Hall–Kier alpha value is -3.41. The molecule has 0 unspecified atom stereocenters. The number of nitrogens with one attached hydrogen (secondary N) is 1. The largest absolute Gasteiger partial charge is 0.497 e. The van der Waals surface area contributed by atoms with E-state index in [0.717, 1.165) is 42.2 Å². The van der Waals surface area contributed by atoms with E-state index in [0.29, 0.717) is 12.2 Å². The van der Waals surface area contributed by atoms with Crippen LogP contribution in [0.1, 0.15) is 21.6 Å². The Balaban J connectivity index is 1.34. The van der Waals surface area contributed by atoms with Gasteiger partial charge in [-0.05, 0) is 42.2 Å². The maximum Gasteiger partial charge on any atom is 0.271 e. The van der Waals surface area contributed by atoms with Crippen LogP contribution in [0.15, 0.2) is 60.9 Å². The van der Waals surface area contributed by atoms with Crippen LogP contribution in [0.2, 0.25) is 0 Å². The number of ether oxygens (including phenoxy) is 1. The standard InChI is InChI=1S/C22H22N4O2/c1-28-18-8-6-16(7-9-18)10-12-23-22(27)19-14-25-21(15-24-19)26-13-11-17-4-2-3-5-20(17)26/h2-9,14-15H,10-13H2,1H3,(H,23,27). The van der Waals surface area contributed by atoms with Crippen LogP contribution in [0.4, 0.5) is 11.5 Å². The lowest BCUT2D eigenvalue weighted by Gasteiger charge is -2.17. The second kappa shape index (κ2) is 8.08. The minimum atomic E-state index is -0.214. The quantitative estimate of drug-likeness (QED) is 0.718. The summed E-state index contributed by atoms with van der Waals surface area (Å²) in [5.74, 6) is 1.37. The molecule has 6 heteroatoms. The number of aromatic nitrogens is 2. The molecular weight excluding hydrogens is 352 g/mol. The van der Waals surface area contributed by atoms with Crippen molar-refractivity contribution in [1.82, 2.24) is 15.3 Å². The zero-order chi connectivity index (χ0) is 19.3. The highest BCUT2D eigenvalue weighted by Crippen LogP contribution is 2.32. The summed E-state index contributed by atoms with van der Waals surface area (Å²) in [5.41, 5.74) is 3.93. The molecule has 142 valence electrons. The van der Waals surface area contributed by atoms with Gasteiger partial charge in [-0.2, -0.15) is 0 Å². The molecule has 1 N–H and O–H groups in total. The number of fused-ring (bicyclic) bond motifs is 1. The third-order valence-electron chi connectivity index (χ3n) is 4.89. The molecule has 0 radical (unpaired) electrons. The molecule has 0 saturated carbocycles. The summed E-state index contributed by atoms with van der Waals surface area (Å²) < 4.78 is 5.15. The highest BCUT2D eigenvalue weighted by molar-refractivity contribution is 5.92. The number of benzene rings is 2. The van der Waals surface area contributed by atoms with Crippen LogP contribution < -0.4 is 15.0 Å². The van der Waals surface area contributed by atoms with Crippen molar-refractivity contribution in [3.63, 3.8) is 0 Å². The molecule has 2 aromatic carbocycles. The molecular formula is C22H22N4O2. The zero-order valence-electron chi connectivity index (χ0n) is 15.8. The second-order valence-corrected chi connectivity index (χ2v) is 6.64. The van der Waals surface area contributed by atoms with Crippen LogP contribution in [0.3, 0.4) is 0 Å². The van der Waals surface area contributed by atoms with E-state index in [-0.39, 0.29) is 5.91 Å². The van der Waals surface area contributed by atoms with Crippen molar-refractivity contribution in [2.75, 3.05) is 25.1 Å². The first kappa shape index (κ1) is 18.0. The summed E-state index contributed by atoms with van der Waals surface area (Å²) in [5, 5.41) is 2.89. The number of carbonyl (C=O) groups is 1. The van der Waals surface area contributed by atoms with Gasteiger partial charge >= 0.3 is 0 Å². The average Bonchev–Trinajstić information content (AvgIpc) is 3.18. The fourth-order valence-electron chi connectivity index (χ4n) is 3.36. The number of para-hydroxylation sites is 1. The summed E-state index contributed by atoms with van der Waals surface area (Å²) in [6.45, 7) is 1.41. The Bertz CT molecular complexity index is 955. The van der Waals surface area contributed by atoms with Crippen molar-refractivity contribution in [1.29, 1.82) is 0 Å². The topological polar surface area (TPSA) is 67.3 Å². The Kier molecular flexibility index (Phi) is 5.19. The van der Waals surface area contributed by atoms with Gasteiger partial charge in [0.25, 0.3) is 5.91 Å². The maximum atomic E-state index is 12.3. The van der Waals surface area contributed by atoms with Crippen molar-refractivity contribution in [2.45, 2.75) is 12.8 Å². The molecule has 0 spiro atoms. The number of rotatable bonds is 6. The molecule has 1 aromatic heterocycles. The fourth-order valence-corrected chi connectivity index (χ4v) is 3.36. The molecule has 0 aliphatic carbocycles. The van der Waals surface area contributed by atoms with Crippen LogP contribution in [-0.4, -0.2) is 36.1 Å². The zero-order valence-corrected chi connectivity index (χ0v) is 15.8. The number of amides is 1. The predicted octanol–water partition coefficient (Wildman–Crippen LogP) is 3.15. The molecule has 0 bridgehead atoms. The van der Waals surface area contributed by atoms with Gasteiger partial charge in [0, 0.05) is 18.8 Å². The smallest absolute Gasteiger partial charge is 0.271 e. The van der Waals surface area contributed by atoms with Crippen LogP contribution in [0.25, 0.3) is 0 Å². The molecule has 1 aliphatic heterocycles. The van der Waals surface area contributed by atoms with Crippen LogP contribution in [-0.2, 0) is 12.8 Å². The first-order valence-corrected chi connectivity index (χ1v) is 9.33. The molecule has 1 aliphatic rings. The van der Waals surface area contributed by atoms with Gasteiger partial charge in [0.05, 0.1) is 19.5 Å². The van der Waals surface area contributed by atoms with E-state index in [2.05, 4.69) is 32.3 Å². The number of hydrogen-bond donors (Lipinski definition) is 1. The van der Waals surface area contributed by atoms with E-state index >= 15 is 0 Å². The third kappa shape index (κ3) is 3.81. The van der Waals surface area contributed by atoms with Gasteiger partial charge in [0.1, 0.15) is 11.4 Å².